The van der Waals surface area contributed by atoms with Gasteiger partial charge in [-0.2, -0.15) is 4.98 Å². The molecule has 27 heavy (non-hydrogen) atoms. The van der Waals surface area contributed by atoms with Gasteiger partial charge in [-0.25, -0.2) is 0 Å². The van der Waals surface area contributed by atoms with Crippen LogP contribution < -0.4 is 11.1 Å². The Bertz CT molecular complexity index is 936. The first-order valence-electron chi connectivity index (χ1n) is 8.71. The Morgan fingerprint density at radius 2 is 2.22 bits per heavy atom. The Labute approximate surface area is 155 Å². The molecule has 1 atom stereocenters. The van der Waals surface area contributed by atoms with Crippen LogP contribution >= 0.6 is 0 Å². The third-order valence-electron chi connectivity index (χ3n) is 4.37. The van der Waals surface area contributed by atoms with Gasteiger partial charge in [0.2, 0.25) is 0 Å². The van der Waals surface area contributed by atoms with Crippen molar-refractivity contribution in [3.63, 3.8) is 0 Å². The molecule has 0 radical (unpaired) electrons. The second-order valence-electron chi connectivity index (χ2n) is 6.31. The molecule has 3 heterocycles. The van der Waals surface area contributed by atoms with Gasteiger partial charge in [-0.15, -0.1) is 0 Å². The minimum absolute atomic E-state index is 0.156. The molecule has 8 heteroatoms. The Kier molecular flexibility index (Phi) is 4.91. The maximum Gasteiger partial charge on any atom is 0.274 e. The fourth-order valence-corrected chi connectivity index (χ4v) is 2.95. The quantitative estimate of drug-likeness (QED) is 0.713. The second kappa shape index (κ2) is 7.65. The van der Waals surface area contributed by atoms with E-state index in [9.17, 15) is 4.79 Å². The van der Waals surface area contributed by atoms with E-state index in [1.807, 2.05) is 12.1 Å². The van der Waals surface area contributed by atoms with E-state index in [0.29, 0.717) is 48.4 Å². The maximum absolute atomic E-state index is 12.4. The van der Waals surface area contributed by atoms with Crippen LogP contribution in [-0.4, -0.2) is 34.2 Å². The van der Waals surface area contributed by atoms with Crippen LogP contribution in [0.1, 0.15) is 34.2 Å². The number of nitrogens with zero attached hydrogens (tertiary/aromatic N) is 3. The van der Waals surface area contributed by atoms with E-state index in [-0.39, 0.29) is 11.8 Å². The van der Waals surface area contributed by atoms with Gasteiger partial charge < -0.3 is 20.3 Å². The lowest BCUT2D eigenvalue weighted by molar-refractivity contribution is 0.102. The number of hydrogen-bond acceptors (Lipinski definition) is 7. The minimum atomic E-state index is -0.301. The fourth-order valence-electron chi connectivity index (χ4n) is 2.95. The minimum Gasteiger partial charge on any atom is -0.381 e. The molecule has 0 aliphatic carbocycles. The van der Waals surface area contributed by atoms with Gasteiger partial charge >= 0.3 is 0 Å². The van der Waals surface area contributed by atoms with Gasteiger partial charge in [0.05, 0.1) is 6.61 Å². The summed E-state index contributed by atoms with van der Waals surface area (Å²) in [5.74, 6) is 0.883. The number of hydrogen-bond donors (Lipinski definition) is 2. The molecule has 1 saturated heterocycles. The van der Waals surface area contributed by atoms with Gasteiger partial charge in [-0.1, -0.05) is 11.2 Å². The van der Waals surface area contributed by atoms with Gasteiger partial charge in [0.25, 0.3) is 11.8 Å². The van der Waals surface area contributed by atoms with Crippen molar-refractivity contribution in [2.24, 2.45) is 5.73 Å². The standard InChI is InChI=1S/C19H19N5O3/c20-10-12-7-14(19-23-17(24-27-19)13-4-6-26-11-13)9-15(8-12)22-18(25)16-3-1-2-5-21-16/h1-3,5,7-9,13H,4,6,10-11,20H2,(H,22,25)/t13-/m0/s1. The van der Waals surface area contributed by atoms with E-state index in [1.165, 1.54) is 0 Å². The molecule has 3 N–H and O–H groups in total. The topological polar surface area (TPSA) is 116 Å². The van der Waals surface area contributed by atoms with Gasteiger partial charge in [-0.3, -0.25) is 9.78 Å². The zero-order chi connectivity index (χ0) is 18.6. The normalized spacial score (nSPS) is 16.4. The summed E-state index contributed by atoms with van der Waals surface area (Å²) in [6.07, 6.45) is 2.45. The average molecular weight is 365 g/mol. The smallest absolute Gasteiger partial charge is 0.274 e. The predicted octanol–water partition coefficient (Wildman–Crippen LogP) is 2.35. The highest BCUT2D eigenvalue weighted by Gasteiger charge is 2.23. The third kappa shape index (κ3) is 3.86. The lowest BCUT2D eigenvalue weighted by atomic mass is 10.1. The van der Waals surface area contributed by atoms with Crippen LogP contribution in [0.4, 0.5) is 5.69 Å². The second-order valence-corrected chi connectivity index (χ2v) is 6.31. The Morgan fingerprint density at radius 1 is 1.30 bits per heavy atom. The highest BCUT2D eigenvalue weighted by atomic mass is 16.5. The van der Waals surface area contributed by atoms with Crippen molar-refractivity contribution < 1.29 is 14.1 Å². The van der Waals surface area contributed by atoms with Crippen LogP contribution in [0.3, 0.4) is 0 Å². The highest BCUT2D eigenvalue weighted by Crippen LogP contribution is 2.28. The van der Waals surface area contributed by atoms with Crippen LogP contribution in [0.15, 0.2) is 47.1 Å². The van der Waals surface area contributed by atoms with Crippen molar-refractivity contribution in [2.75, 3.05) is 18.5 Å². The molecule has 8 nitrogen and oxygen atoms in total. The lowest BCUT2D eigenvalue weighted by Crippen LogP contribution is -2.13. The summed E-state index contributed by atoms with van der Waals surface area (Å²) in [5.41, 5.74) is 8.27. The molecule has 1 aromatic carbocycles. The summed E-state index contributed by atoms with van der Waals surface area (Å²) in [6.45, 7) is 1.63. The molecular weight excluding hydrogens is 346 g/mol. The molecule has 1 fully saturated rings. The number of ether oxygens (including phenoxy) is 1. The van der Waals surface area contributed by atoms with Crippen LogP contribution in [0.2, 0.25) is 0 Å². The number of benzene rings is 1. The van der Waals surface area contributed by atoms with Crippen molar-refractivity contribution in [3.8, 4) is 11.5 Å². The van der Waals surface area contributed by atoms with E-state index < -0.39 is 0 Å². The first kappa shape index (κ1) is 17.3. The number of nitrogens with two attached hydrogens (primary N) is 1. The largest absolute Gasteiger partial charge is 0.381 e. The van der Waals surface area contributed by atoms with Crippen LogP contribution in [0.5, 0.6) is 0 Å². The van der Waals surface area contributed by atoms with Gasteiger partial charge in [0.1, 0.15) is 5.69 Å². The lowest BCUT2D eigenvalue weighted by Gasteiger charge is -2.08. The SMILES string of the molecule is NCc1cc(NC(=O)c2ccccn2)cc(-c2nc([C@H]3CCOC3)no2)c1. The van der Waals surface area contributed by atoms with Crippen LogP contribution in [0.25, 0.3) is 11.5 Å². The van der Waals surface area contributed by atoms with E-state index in [0.717, 1.165) is 12.0 Å². The first-order valence-corrected chi connectivity index (χ1v) is 8.71. The number of anilines is 1. The number of amides is 1. The highest BCUT2D eigenvalue weighted by molar-refractivity contribution is 6.03. The molecule has 1 amide bonds. The van der Waals surface area contributed by atoms with E-state index in [2.05, 4.69) is 20.4 Å². The number of nitrogens with one attached hydrogen (secondary N) is 1. The van der Waals surface area contributed by atoms with Crippen molar-refractivity contribution in [3.05, 3.63) is 59.7 Å². The van der Waals surface area contributed by atoms with Gasteiger partial charge in [-0.05, 0) is 42.3 Å². The summed E-state index contributed by atoms with van der Waals surface area (Å²) >= 11 is 0. The van der Waals surface area contributed by atoms with Gasteiger partial charge in [0.15, 0.2) is 5.82 Å². The summed E-state index contributed by atoms with van der Waals surface area (Å²) in [7, 11) is 0. The molecule has 1 aliphatic rings. The molecular formula is C19H19N5O3. The molecule has 0 spiro atoms. The van der Waals surface area contributed by atoms with E-state index >= 15 is 0 Å². The Balaban J connectivity index is 1.60. The predicted molar refractivity (Wildman–Crippen MR) is 98.0 cm³/mol. The van der Waals surface area contributed by atoms with Crippen molar-refractivity contribution in [1.82, 2.24) is 15.1 Å². The van der Waals surface area contributed by atoms with Crippen LogP contribution in [0, 0.1) is 0 Å². The van der Waals surface area contributed by atoms with E-state index in [4.69, 9.17) is 15.0 Å². The van der Waals surface area contributed by atoms with E-state index in [1.54, 1.807) is 30.5 Å². The molecule has 4 rings (SSSR count). The summed E-state index contributed by atoms with van der Waals surface area (Å²) in [4.78, 5) is 20.9. The average Bonchev–Trinajstić information content (AvgIpc) is 3.40. The number of rotatable bonds is 5. The number of carbonyl (C=O) groups is 1. The third-order valence-corrected chi connectivity index (χ3v) is 4.37. The summed E-state index contributed by atoms with van der Waals surface area (Å²) in [6, 6.07) is 10.6. The molecule has 3 aromatic rings. The monoisotopic (exact) mass is 365 g/mol. The van der Waals surface area contributed by atoms with Crippen molar-refractivity contribution >= 4 is 11.6 Å². The maximum atomic E-state index is 12.4. The molecule has 1 aliphatic heterocycles. The molecule has 138 valence electrons. The number of aromatic nitrogens is 3. The number of pyridine rings is 1. The van der Waals surface area contributed by atoms with Crippen LogP contribution in [-0.2, 0) is 11.3 Å². The molecule has 0 saturated carbocycles. The number of carbonyl (C=O) groups excluding carboxylic acids is 1. The van der Waals surface area contributed by atoms with Gasteiger partial charge in [0, 0.05) is 36.5 Å². The first-order chi connectivity index (χ1) is 13.2. The summed E-state index contributed by atoms with van der Waals surface area (Å²) < 4.78 is 10.8. The summed E-state index contributed by atoms with van der Waals surface area (Å²) in [5, 5.41) is 6.91. The fraction of sp³-hybridized carbons (Fsp3) is 0.263. The molecule has 0 unspecified atom stereocenters. The van der Waals surface area contributed by atoms with Crippen molar-refractivity contribution in [1.29, 1.82) is 0 Å². The molecule has 0 bridgehead atoms. The molecule has 2 aromatic heterocycles. The zero-order valence-electron chi connectivity index (χ0n) is 14.6. The Hall–Kier alpha value is -3.10. The Morgan fingerprint density at radius 3 is 2.96 bits per heavy atom. The van der Waals surface area contributed by atoms with Crippen molar-refractivity contribution in [2.45, 2.75) is 18.9 Å². The zero-order valence-corrected chi connectivity index (χ0v) is 14.6.